The number of nitrogens with zero attached hydrogens (tertiary/aromatic N) is 2. The minimum atomic E-state index is 0.579. The zero-order chi connectivity index (χ0) is 11.5. The van der Waals surface area contributed by atoms with Crippen LogP contribution in [0.3, 0.4) is 0 Å². The molecular formula is C11H17ClN4. The van der Waals surface area contributed by atoms with Gasteiger partial charge in [-0.05, 0) is 25.2 Å². The van der Waals surface area contributed by atoms with Crippen LogP contribution in [0.2, 0.25) is 5.02 Å². The molecule has 4 nitrogen and oxygen atoms in total. The fraction of sp³-hybridized carbons (Fsp3) is 0.636. The van der Waals surface area contributed by atoms with Gasteiger partial charge in [0.1, 0.15) is 10.8 Å². The number of hydrogen-bond acceptors (Lipinski definition) is 4. The summed E-state index contributed by atoms with van der Waals surface area (Å²) in [6.45, 7) is 6.03. The van der Waals surface area contributed by atoms with E-state index in [1.165, 1.54) is 6.42 Å². The predicted octanol–water partition coefficient (Wildman–Crippen LogP) is 2.63. The fourth-order valence-electron chi connectivity index (χ4n) is 1.65. The lowest BCUT2D eigenvalue weighted by atomic mass is 10.3. The molecule has 1 saturated carbocycles. The van der Waals surface area contributed by atoms with Crippen LogP contribution in [0.1, 0.15) is 20.3 Å². The third kappa shape index (κ3) is 2.76. The highest BCUT2D eigenvalue weighted by Gasteiger charge is 2.32. The van der Waals surface area contributed by atoms with E-state index in [-0.39, 0.29) is 0 Å². The Balaban J connectivity index is 1.97. The highest BCUT2D eigenvalue weighted by molar-refractivity contribution is 6.32. The second kappa shape index (κ2) is 4.87. The molecule has 16 heavy (non-hydrogen) atoms. The van der Waals surface area contributed by atoms with Crippen LogP contribution in [-0.4, -0.2) is 23.1 Å². The van der Waals surface area contributed by atoms with Gasteiger partial charge in [-0.15, -0.1) is 0 Å². The van der Waals surface area contributed by atoms with Gasteiger partial charge in [0.05, 0.1) is 6.20 Å². The Kier molecular flexibility index (Phi) is 3.49. The number of nitrogens with one attached hydrogen (secondary N) is 2. The van der Waals surface area contributed by atoms with Crippen LogP contribution in [0.25, 0.3) is 0 Å². The van der Waals surface area contributed by atoms with Crippen LogP contribution < -0.4 is 10.6 Å². The molecule has 0 bridgehead atoms. The molecular weight excluding hydrogens is 224 g/mol. The first-order valence-corrected chi connectivity index (χ1v) is 6.08. The average molecular weight is 241 g/mol. The molecule has 0 aromatic carbocycles. The van der Waals surface area contributed by atoms with Gasteiger partial charge in [0.2, 0.25) is 5.95 Å². The maximum absolute atomic E-state index is 6.02. The monoisotopic (exact) mass is 240 g/mol. The zero-order valence-electron chi connectivity index (χ0n) is 9.63. The molecule has 2 rings (SSSR count). The van der Waals surface area contributed by atoms with Gasteiger partial charge in [-0.25, -0.2) is 4.98 Å². The van der Waals surface area contributed by atoms with Crippen molar-refractivity contribution in [1.82, 2.24) is 9.97 Å². The summed E-state index contributed by atoms with van der Waals surface area (Å²) in [5, 5.41) is 6.93. The van der Waals surface area contributed by atoms with E-state index in [1.807, 2.05) is 6.92 Å². The molecule has 2 atom stereocenters. The number of aromatic nitrogens is 2. The SMILES string of the molecule is CCNc1ncc(Cl)c(NCC2CC2C)n1. The standard InChI is InChI=1S/C11H17ClN4/c1-3-13-11-15-6-9(12)10(16-11)14-5-8-4-7(8)2/h6-8H,3-5H2,1-2H3,(H2,13,14,15,16). The molecule has 0 radical (unpaired) electrons. The summed E-state index contributed by atoms with van der Waals surface area (Å²) < 4.78 is 0. The highest BCUT2D eigenvalue weighted by atomic mass is 35.5. The van der Waals surface area contributed by atoms with Crippen molar-refractivity contribution in [3.05, 3.63) is 11.2 Å². The van der Waals surface area contributed by atoms with E-state index >= 15 is 0 Å². The Morgan fingerprint density at radius 3 is 2.88 bits per heavy atom. The topological polar surface area (TPSA) is 49.8 Å². The molecule has 88 valence electrons. The Bertz CT molecular complexity index is 369. The summed E-state index contributed by atoms with van der Waals surface area (Å²) >= 11 is 6.02. The van der Waals surface area contributed by atoms with Crippen molar-refractivity contribution >= 4 is 23.4 Å². The molecule has 1 fully saturated rings. The first-order chi connectivity index (χ1) is 7.70. The smallest absolute Gasteiger partial charge is 0.224 e. The van der Waals surface area contributed by atoms with E-state index < -0.39 is 0 Å². The first-order valence-electron chi connectivity index (χ1n) is 5.71. The highest BCUT2D eigenvalue weighted by Crippen LogP contribution is 2.37. The van der Waals surface area contributed by atoms with Crippen LogP contribution in [0.15, 0.2) is 6.20 Å². The summed E-state index contributed by atoms with van der Waals surface area (Å²) in [6, 6.07) is 0. The van der Waals surface area contributed by atoms with Crippen molar-refractivity contribution in [2.75, 3.05) is 23.7 Å². The van der Waals surface area contributed by atoms with Crippen LogP contribution in [0.4, 0.5) is 11.8 Å². The van der Waals surface area contributed by atoms with E-state index in [4.69, 9.17) is 11.6 Å². The average Bonchev–Trinajstić information content (AvgIpc) is 2.96. The first kappa shape index (κ1) is 11.5. The van der Waals surface area contributed by atoms with E-state index in [1.54, 1.807) is 6.20 Å². The summed E-state index contributed by atoms with van der Waals surface area (Å²) in [7, 11) is 0. The normalized spacial score (nSPS) is 22.9. The molecule has 0 saturated heterocycles. The lowest BCUT2D eigenvalue weighted by molar-refractivity contribution is 0.784. The van der Waals surface area contributed by atoms with Gasteiger partial charge in [0.15, 0.2) is 0 Å². The lowest BCUT2D eigenvalue weighted by Gasteiger charge is -2.08. The Morgan fingerprint density at radius 2 is 2.25 bits per heavy atom. The van der Waals surface area contributed by atoms with Crippen molar-refractivity contribution in [1.29, 1.82) is 0 Å². The molecule has 0 amide bonds. The second-order valence-corrected chi connectivity index (χ2v) is 4.68. The van der Waals surface area contributed by atoms with Gasteiger partial charge in [-0.2, -0.15) is 4.98 Å². The van der Waals surface area contributed by atoms with Crippen molar-refractivity contribution in [3.8, 4) is 0 Å². The van der Waals surface area contributed by atoms with Crippen LogP contribution in [0.5, 0.6) is 0 Å². The minimum Gasteiger partial charge on any atom is -0.368 e. The molecule has 1 aliphatic rings. The third-order valence-electron chi connectivity index (χ3n) is 2.89. The van der Waals surface area contributed by atoms with Gasteiger partial charge in [0, 0.05) is 13.1 Å². The number of rotatable bonds is 5. The molecule has 2 unspecified atom stereocenters. The van der Waals surface area contributed by atoms with Crippen LogP contribution >= 0.6 is 11.6 Å². The van der Waals surface area contributed by atoms with E-state index in [9.17, 15) is 0 Å². The fourth-order valence-corrected chi connectivity index (χ4v) is 1.80. The van der Waals surface area contributed by atoms with Gasteiger partial charge < -0.3 is 10.6 Å². The maximum Gasteiger partial charge on any atom is 0.224 e. The summed E-state index contributed by atoms with van der Waals surface area (Å²) in [4.78, 5) is 8.41. The lowest BCUT2D eigenvalue weighted by Crippen LogP contribution is -2.09. The maximum atomic E-state index is 6.02. The molecule has 5 heteroatoms. The van der Waals surface area contributed by atoms with Gasteiger partial charge in [0.25, 0.3) is 0 Å². The summed E-state index contributed by atoms with van der Waals surface area (Å²) in [5.74, 6) is 2.96. The Hall–Kier alpha value is -1.03. The third-order valence-corrected chi connectivity index (χ3v) is 3.16. The molecule has 1 aliphatic carbocycles. The van der Waals surface area contributed by atoms with Crippen LogP contribution in [-0.2, 0) is 0 Å². The van der Waals surface area contributed by atoms with Crippen molar-refractivity contribution < 1.29 is 0 Å². The number of hydrogen-bond donors (Lipinski definition) is 2. The molecule has 1 heterocycles. The molecule has 1 aromatic heterocycles. The van der Waals surface area contributed by atoms with E-state index in [0.717, 1.165) is 30.7 Å². The van der Waals surface area contributed by atoms with Gasteiger partial charge in [-0.1, -0.05) is 18.5 Å². The zero-order valence-corrected chi connectivity index (χ0v) is 10.4. The van der Waals surface area contributed by atoms with Crippen molar-refractivity contribution in [3.63, 3.8) is 0 Å². The summed E-state index contributed by atoms with van der Waals surface area (Å²) in [6.07, 6.45) is 2.93. The van der Waals surface area contributed by atoms with Gasteiger partial charge >= 0.3 is 0 Å². The predicted molar refractivity (Wildman–Crippen MR) is 67.0 cm³/mol. The molecule has 0 aliphatic heterocycles. The van der Waals surface area contributed by atoms with Crippen molar-refractivity contribution in [2.24, 2.45) is 11.8 Å². The van der Waals surface area contributed by atoms with Gasteiger partial charge in [-0.3, -0.25) is 0 Å². The molecule has 0 spiro atoms. The molecule has 1 aromatic rings. The summed E-state index contributed by atoms with van der Waals surface area (Å²) in [5.41, 5.74) is 0. The molecule has 2 N–H and O–H groups in total. The van der Waals surface area contributed by atoms with E-state index in [2.05, 4.69) is 27.5 Å². The number of halogens is 1. The quantitative estimate of drug-likeness (QED) is 0.831. The second-order valence-electron chi connectivity index (χ2n) is 4.27. The largest absolute Gasteiger partial charge is 0.368 e. The number of anilines is 2. The Morgan fingerprint density at radius 1 is 1.50 bits per heavy atom. The van der Waals surface area contributed by atoms with E-state index in [0.29, 0.717) is 11.0 Å². The van der Waals surface area contributed by atoms with Crippen molar-refractivity contribution in [2.45, 2.75) is 20.3 Å². The Labute approximate surface area is 101 Å². The van der Waals surface area contributed by atoms with Crippen LogP contribution in [0, 0.1) is 11.8 Å². The minimum absolute atomic E-state index is 0.579.